The van der Waals surface area contributed by atoms with Crippen LogP contribution < -0.4 is 5.73 Å². The first-order chi connectivity index (χ1) is 10.1. The van der Waals surface area contributed by atoms with Gasteiger partial charge >= 0.3 is 0 Å². The van der Waals surface area contributed by atoms with E-state index in [0.29, 0.717) is 5.92 Å². The van der Waals surface area contributed by atoms with E-state index in [2.05, 4.69) is 32.0 Å². The van der Waals surface area contributed by atoms with E-state index in [9.17, 15) is 0 Å². The van der Waals surface area contributed by atoms with E-state index < -0.39 is 0 Å². The van der Waals surface area contributed by atoms with Crippen LogP contribution in [0.4, 0.5) is 0 Å². The van der Waals surface area contributed by atoms with Gasteiger partial charge in [0.1, 0.15) is 0 Å². The number of hydrogen-bond acceptors (Lipinski definition) is 1. The number of benzene rings is 1. The van der Waals surface area contributed by atoms with Crippen molar-refractivity contribution in [2.75, 3.05) is 0 Å². The van der Waals surface area contributed by atoms with Crippen molar-refractivity contribution in [2.24, 2.45) is 17.6 Å². The van der Waals surface area contributed by atoms with Gasteiger partial charge in [-0.3, -0.25) is 0 Å². The topological polar surface area (TPSA) is 26.0 Å². The van der Waals surface area contributed by atoms with Crippen LogP contribution in [-0.2, 0) is 5.54 Å². The first-order valence-electron chi connectivity index (χ1n) is 8.98. The van der Waals surface area contributed by atoms with Crippen LogP contribution in [-0.4, -0.2) is 0 Å². The Morgan fingerprint density at radius 3 is 2.38 bits per heavy atom. The second-order valence-corrected chi connectivity index (χ2v) is 7.61. The highest BCUT2D eigenvalue weighted by atomic mass is 14.8. The average molecular weight is 285 g/mol. The molecule has 0 heterocycles. The van der Waals surface area contributed by atoms with Gasteiger partial charge in [0.25, 0.3) is 0 Å². The van der Waals surface area contributed by atoms with Crippen molar-refractivity contribution in [1.29, 1.82) is 0 Å². The minimum absolute atomic E-state index is 0.0714. The zero-order chi connectivity index (χ0) is 14.9. The fraction of sp³-hybridized carbons (Fsp3) is 0.700. The van der Waals surface area contributed by atoms with Crippen molar-refractivity contribution in [2.45, 2.75) is 77.2 Å². The Morgan fingerprint density at radius 1 is 0.952 bits per heavy atom. The fourth-order valence-electron chi connectivity index (χ4n) is 5.09. The largest absolute Gasteiger partial charge is 0.321 e. The smallest absolute Gasteiger partial charge is 0.0443 e. The highest BCUT2D eigenvalue weighted by Crippen LogP contribution is 2.48. The molecule has 21 heavy (non-hydrogen) atoms. The standard InChI is InChI=1S/C20H31N/c1-15-11-12-18(16(2)14-15)20(21)13-7-6-10-19(20)17-8-4-3-5-9-17/h11-12,14,17,19H,3-10,13,21H2,1-2H3. The second-order valence-electron chi connectivity index (χ2n) is 7.61. The van der Waals surface area contributed by atoms with Gasteiger partial charge in [-0.15, -0.1) is 0 Å². The molecule has 1 nitrogen and oxygen atoms in total. The molecule has 2 saturated carbocycles. The van der Waals surface area contributed by atoms with E-state index >= 15 is 0 Å². The van der Waals surface area contributed by atoms with E-state index in [1.165, 1.54) is 74.5 Å². The molecule has 0 radical (unpaired) electrons. The summed E-state index contributed by atoms with van der Waals surface area (Å²) in [5.74, 6) is 1.57. The van der Waals surface area contributed by atoms with E-state index in [1.54, 1.807) is 0 Å². The molecule has 0 aliphatic heterocycles. The Hall–Kier alpha value is -0.820. The van der Waals surface area contributed by atoms with Crippen molar-refractivity contribution in [1.82, 2.24) is 0 Å². The molecule has 116 valence electrons. The molecular weight excluding hydrogens is 254 g/mol. The van der Waals surface area contributed by atoms with Gasteiger partial charge in [0, 0.05) is 5.54 Å². The van der Waals surface area contributed by atoms with Gasteiger partial charge < -0.3 is 5.73 Å². The lowest BCUT2D eigenvalue weighted by molar-refractivity contribution is 0.0981. The van der Waals surface area contributed by atoms with E-state index in [1.807, 2.05) is 0 Å². The Kier molecular flexibility index (Phi) is 4.40. The molecule has 2 aliphatic rings. The summed E-state index contributed by atoms with van der Waals surface area (Å²) >= 11 is 0. The molecule has 1 aromatic carbocycles. The lowest BCUT2D eigenvalue weighted by Crippen LogP contribution is -2.50. The zero-order valence-corrected chi connectivity index (χ0v) is 13.8. The Balaban J connectivity index is 1.94. The van der Waals surface area contributed by atoms with Crippen LogP contribution in [0.5, 0.6) is 0 Å². The molecule has 2 aliphatic carbocycles. The zero-order valence-electron chi connectivity index (χ0n) is 13.8. The number of aryl methyl sites for hydroxylation is 2. The first kappa shape index (κ1) is 15.1. The quantitative estimate of drug-likeness (QED) is 0.791. The molecule has 3 rings (SSSR count). The molecule has 1 heteroatoms. The molecule has 2 N–H and O–H groups in total. The molecule has 2 fully saturated rings. The second kappa shape index (κ2) is 6.12. The first-order valence-corrected chi connectivity index (χ1v) is 8.98. The minimum Gasteiger partial charge on any atom is -0.321 e. The number of rotatable bonds is 2. The third-order valence-electron chi connectivity index (χ3n) is 6.12. The molecule has 0 spiro atoms. The van der Waals surface area contributed by atoms with Gasteiger partial charge in [-0.05, 0) is 49.7 Å². The predicted octanol–water partition coefficient (Wildman–Crippen LogP) is 5.23. The highest BCUT2D eigenvalue weighted by Gasteiger charge is 2.43. The van der Waals surface area contributed by atoms with Crippen molar-refractivity contribution >= 4 is 0 Å². The van der Waals surface area contributed by atoms with Crippen LogP contribution in [0.25, 0.3) is 0 Å². The molecule has 2 unspecified atom stereocenters. The maximum atomic E-state index is 7.11. The third kappa shape index (κ3) is 2.90. The van der Waals surface area contributed by atoms with Crippen LogP contribution in [0.3, 0.4) is 0 Å². The Labute approximate surface area is 130 Å². The molecule has 0 aromatic heterocycles. The molecule has 0 amide bonds. The summed E-state index contributed by atoms with van der Waals surface area (Å²) in [6.07, 6.45) is 12.3. The van der Waals surface area contributed by atoms with Crippen molar-refractivity contribution in [3.63, 3.8) is 0 Å². The van der Waals surface area contributed by atoms with E-state index in [4.69, 9.17) is 5.73 Å². The summed E-state index contributed by atoms with van der Waals surface area (Å²) in [6.45, 7) is 4.43. The molecule has 2 atom stereocenters. The third-order valence-corrected chi connectivity index (χ3v) is 6.12. The summed E-state index contributed by atoms with van der Waals surface area (Å²) in [6, 6.07) is 6.89. The summed E-state index contributed by atoms with van der Waals surface area (Å²) in [4.78, 5) is 0. The Bertz CT molecular complexity index is 487. The van der Waals surface area contributed by atoms with Gasteiger partial charge in [0.05, 0.1) is 0 Å². The predicted molar refractivity (Wildman–Crippen MR) is 90.3 cm³/mol. The SMILES string of the molecule is Cc1ccc(C2(N)CCCCC2C2CCCCC2)c(C)c1. The monoisotopic (exact) mass is 285 g/mol. The van der Waals surface area contributed by atoms with E-state index in [0.717, 1.165) is 5.92 Å². The number of hydrogen-bond donors (Lipinski definition) is 1. The molecule has 1 aromatic rings. The van der Waals surface area contributed by atoms with Crippen molar-refractivity contribution in [3.8, 4) is 0 Å². The molecular formula is C20H31N. The van der Waals surface area contributed by atoms with Crippen molar-refractivity contribution < 1.29 is 0 Å². The van der Waals surface area contributed by atoms with E-state index in [-0.39, 0.29) is 5.54 Å². The van der Waals surface area contributed by atoms with Gasteiger partial charge in [-0.2, -0.15) is 0 Å². The minimum atomic E-state index is -0.0714. The summed E-state index contributed by atoms with van der Waals surface area (Å²) in [7, 11) is 0. The maximum Gasteiger partial charge on any atom is 0.0443 e. The fourth-order valence-corrected chi connectivity index (χ4v) is 5.09. The van der Waals surface area contributed by atoms with Gasteiger partial charge in [0.15, 0.2) is 0 Å². The van der Waals surface area contributed by atoms with Gasteiger partial charge in [-0.1, -0.05) is 68.7 Å². The summed E-state index contributed by atoms with van der Waals surface area (Å²) in [5.41, 5.74) is 11.2. The van der Waals surface area contributed by atoms with Crippen LogP contribution in [0.15, 0.2) is 18.2 Å². The Morgan fingerprint density at radius 2 is 1.67 bits per heavy atom. The van der Waals surface area contributed by atoms with Gasteiger partial charge in [0.2, 0.25) is 0 Å². The highest BCUT2D eigenvalue weighted by molar-refractivity contribution is 5.37. The normalized spacial score (nSPS) is 31.3. The van der Waals surface area contributed by atoms with Crippen LogP contribution in [0.1, 0.15) is 74.5 Å². The lowest BCUT2D eigenvalue weighted by Gasteiger charge is -2.47. The average Bonchev–Trinajstić information content (AvgIpc) is 2.48. The molecule has 0 bridgehead atoms. The van der Waals surface area contributed by atoms with Crippen LogP contribution in [0, 0.1) is 25.7 Å². The van der Waals surface area contributed by atoms with Crippen LogP contribution >= 0.6 is 0 Å². The maximum absolute atomic E-state index is 7.11. The molecule has 0 saturated heterocycles. The lowest BCUT2D eigenvalue weighted by atomic mass is 9.61. The summed E-state index contributed by atoms with van der Waals surface area (Å²) < 4.78 is 0. The van der Waals surface area contributed by atoms with Crippen LogP contribution in [0.2, 0.25) is 0 Å². The van der Waals surface area contributed by atoms with Gasteiger partial charge in [-0.25, -0.2) is 0 Å². The summed E-state index contributed by atoms with van der Waals surface area (Å²) in [5, 5.41) is 0. The van der Waals surface area contributed by atoms with Crippen molar-refractivity contribution in [3.05, 3.63) is 34.9 Å². The number of nitrogens with two attached hydrogens (primary N) is 1.